The van der Waals surface area contributed by atoms with Gasteiger partial charge < -0.3 is 0 Å². The van der Waals surface area contributed by atoms with Crippen LogP contribution < -0.4 is 0 Å². The Labute approximate surface area is 113 Å². The fourth-order valence-corrected chi connectivity index (χ4v) is 3.83. The maximum atomic E-state index is 13.7. The quantitative estimate of drug-likeness (QED) is 0.691. The fourth-order valence-electron chi connectivity index (χ4n) is 2.21. The summed E-state index contributed by atoms with van der Waals surface area (Å²) in [6.45, 7) is 0. The van der Waals surface area contributed by atoms with Gasteiger partial charge in [-0.05, 0) is 52.6 Å². The summed E-state index contributed by atoms with van der Waals surface area (Å²) in [5.41, 5.74) is 0.197. The molecule has 4 heteroatoms. The first-order valence-corrected chi connectivity index (χ1v) is 7.83. The summed E-state index contributed by atoms with van der Waals surface area (Å²) in [7, 11) is 0. The van der Waals surface area contributed by atoms with Gasteiger partial charge in [-0.25, -0.2) is 8.78 Å². The highest BCUT2D eigenvalue weighted by Crippen LogP contribution is 2.31. The van der Waals surface area contributed by atoms with Gasteiger partial charge >= 0.3 is 0 Å². The predicted molar refractivity (Wildman–Crippen MR) is 72.2 cm³/mol. The molecule has 17 heavy (non-hydrogen) atoms. The molecule has 1 aliphatic rings. The monoisotopic (exact) mass is 320 g/mol. The van der Waals surface area contributed by atoms with Crippen LogP contribution in [0.15, 0.2) is 16.6 Å². The minimum Gasteiger partial charge on any atom is -0.207 e. The third-order valence-corrected chi connectivity index (χ3v) is 5.03. The van der Waals surface area contributed by atoms with E-state index in [2.05, 4.69) is 15.9 Å². The normalized spacial score (nSPS) is 16.6. The van der Waals surface area contributed by atoms with Gasteiger partial charge in [-0.15, -0.1) is 0 Å². The maximum Gasteiger partial charge on any atom is 0.144 e. The van der Waals surface area contributed by atoms with Crippen molar-refractivity contribution in [2.75, 3.05) is 5.75 Å². The molecule has 1 aromatic rings. The van der Waals surface area contributed by atoms with Gasteiger partial charge in [0.1, 0.15) is 11.6 Å². The molecule has 0 heterocycles. The average molecular weight is 321 g/mol. The number of thioether (sulfide) groups is 1. The molecule has 1 aromatic carbocycles. The Morgan fingerprint density at radius 1 is 1.24 bits per heavy atom. The van der Waals surface area contributed by atoms with Gasteiger partial charge in [0, 0.05) is 11.3 Å². The molecule has 94 valence electrons. The molecule has 1 aliphatic carbocycles. The summed E-state index contributed by atoms with van der Waals surface area (Å²) in [4.78, 5) is 0. The zero-order valence-corrected chi connectivity index (χ0v) is 11.9. The van der Waals surface area contributed by atoms with Crippen LogP contribution >= 0.6 is 27.7 Å². The van der Waals surface area contributed by atoms with Crippen molar-refractivity contribution in [1.82, 2.24) is 0 Å². The van der Waals surface area contributed by atoms with Crippen molar-refractivity contribution < 1.29 is 8.78 Å². The van der Waals surface area contributed by atoms with Crippen molar-refractivity contribution in [3.05, 3.63) is 33.8 Å². The summed E-state index contributed by atoms with van der Waals surface area (Å²) in [5.74, 6) is 1.30. The molecule has 0 N–H and O–H groups in total. The van der Waals surface area contributed by atoms with E-state index < -0.39 is 11.6 Å². The van der Waals surface area contributed by atoms with Gasteiger partial charge in [0.2, 0.25) is 0 Å². The molecule has 0 bridgehead atoms. The number of hydrogen-bond acceptors (Lipinski definition) is 1. The van der Waals surface area contributed by atoms with E-state index >= 15 is 0 Å². The van der Waals surface area contributed by atoms with Crippen LogP contribution in [0.25, 0.3) is 0 Å². The Bertz CT molecular complexity index is 389. The second kappa shape index (κ2) is 6.19. The standard InChI is InChI=1S/C13H15BrF2S/c14-11-5-6-12(15)10(13(11)16)8-17-7-9-3-1-2-4-9/h5-6,9H,1-4,7-8H2. The summed E-state index contributed by atoms with van der Waals surface area (Å²) in [6, 6.07) is 2.73. The molecule has 0 radical (unpaired) electrons. The number of rotatable bonds is 4. The smallest absolute Gasteiger partial charge is 0.144 e. The molecule has 0 atom stereocenters. The SMILES string of the molecule is Fc1ccc(Br)c(F)c1CSCC1CCCC1. The number of halogens is 3. The fraction of sp³-hybridized carbons (Fsp3) is 0.538. The molecule has 1 fully saturated rings. The zero-order valence-electron chi connectivity index (χ0n) is 9.52. The van der Waals surface area contributed by atoms with Gasteiger partial charge in [-0.2, -0.15) is 11.8 Å². The van der Waals surface area contributed by atoms with Crippen LogP contribution in [0.2, 0.25) is 0 Å². The third-order valence-electron chi connectivity index (χ3n) is 3.21. The van der Waals surface area contributed by atoms with Crippen molar-refractivity contribution in [3.8, 4) is 0 Å². The van der Waals surface area contributed by atoms with Crippen LogP contribution in [0.3, 0.4) is 0 Å². The Kier molecular flexibility index (Phi) is 4.86. The molecular weight excluding hydrogens is 306 g/mol. The summed E-state index contributed by atoms with van der Waals surface area (Å²) in [5, 5.41) is 0. The first kappa shape index (κ1) is 13.3. The maximum absolute atomic E-state index is 13.7. The molecule has 1 saturated carbocycles. The topological polar surface area (TPSA) is 0 Å². The van der Waals surface area contributed by atoms with Gasteiger partial charge in [-0.1, -0.05) is 12.8 Å². The van der Waals surface area contributed by atoms with E-state index in [0.717, 1.165) is 11.7 Å². The molecule has 0 saturated heterocycles. The highest BCUT2D eigenvalue weighted by molar-refractivity contribution is 9.10. The molecule has 2 rings (SSSR count). The van der Waals surface area contributed by atoms with Crippen molar-refractivity contribution in [1.29, 1.82) is 0 Å². The lowest BCUT2D eigenvalue weighted by Gasteiger charge is -2.10. The molecule has 0 spiro atoms. The Morgan fingerprint density at radius 2 is 1.94 bits per heavy atom. The molecule has 0 unspecified atom stereocenters. The minimum atomic E-state index is -0.455. The van der Waals surface area contributed by atoms with E-state index in [1.165, 1.54) is 37.8 Å². The third kappa shape index (κ3) is 3.44. The average Bonchev–Trinajstić information content (AvgIpc) is 2.81. The van der Waals surface area contributed by atoms with E-state index in [1.807, 2.05) is 0 Å². The van der Waals surface area contributed by atoms with Crippen LogP contribution in [0.4, 0.5) is 8.78 Å². The van der Waals surface area contributed by atoms with E-state index in [1.54, 1.807) is 11.8 Å². The second-order valence-corrected chi connectivity index (χ2v) is 6.37. The first-order valence-electron chi connectivity index (χ1n) is 5.88. The summed E-state index contributed by atoms with van der Waals surface area (Å²) in [6.07, 6.45) is 5.17. The number of hydrogen-bond donors (Lipinski definition) is 0. The van der Waals surface area contributed by atoms with Crippen LogP contribution in [-0.4, -0.2) is 5.75 Å². The van der Waals surface area contributed by atoms with Crippen molar-refractivity contribution in [2.45, 2.75) is 31.4 Å². The molecule has 0 aliphatic heterocycles. The van der Waals surface area contributed by atoms with E-state index in [-0.39, 0.29) is 5.56 Å². The molecule has 0 nitrogen and oxygen atoms in total. The van der Waals surface area contributed by atoms with Crippen LogP contribution in [-0.2, 0) is 5.75 Å². The lowest BCUT2D eigenvalue weighted by molar-refractivity contribution is 0.561. The Hall–Kier alpha value is -0.0900. The highest BCUT2D eigenvalue weighted by atomic mass is 79.9. The van der Waals surface area contributed by atoms with Crippen molar-refractivity contribution in [2.24, 2.45) is 5.92 Å². The van der Waals surface area contributed by atoms with Gasteiger partial charge in [0.05, 0.1) is 4.47 Å². The highest BCUT2D eigenvalue weighted by Gasteiger charge is 2.16. The first-order chi connectivity index (χ1) is 8.18. The lowest BCUT2D eigenvalue weighted by Crippen LogP contribution is -2.00. The van der Waals surface area contributed by atoms with Crippen LogP contribution in [0, 0.1) is 17.6 Å². The van der Waals surface area contributed by atoms with Crippen LogP contribution in [0.5, 0.6) is 0 Å². The zero-order chi connectivity index (χ0) is 12.3. The largest absolute Gasteiger partial charge is 0.207 e. The van der Waals surface area contributed by atoms with E-state index in [0.29, 0.717) is 10.2 Å². The van der Waals surface area contributed by atoms with Crippen molar-refractivity contribution in [3.63, 3.8) is 0 Å². The van der Waals surface area contributed by atoms with Gasteiger partial charge in [0.25, 0.3) is 0 Å². The van der Waals surface area contributed by atoms with Gasteiger partial charge in [-0.3, -0.25) is 0 Å². The summed E-state index contributed by atoms with van der Waals surface area (Å²) >= 11 is 4.73. The minimum absolute atomic E-state index is 0.197. The summed E-state index contributed by atoms with van der Waals surface area (Å²) < 4.78 is 27.5. The lowest BCUT2D eigenvalue weighted by atomic mass is 10.1. The number of benzene rings is 1. The Morgan fingerprint density at radius 3 is 2.65 bits per heavy atom. The molecule has 0 amide bonds. The van der Waals surface area contributed by atoms with E-state index in [9.17, 15) is 8.78 Å². The Balaban J connectivity index is 1.91. The predicted octanol–water partition coefficient (Wildman–Crippen LogP) is 5.15. The van der Waals surface area contributed by atoms with Gasteiger partial charge in [0.15, 0.2) is 0 Å². The molecule has 0 aromatic heterocycles. The van der Waals surface area contributed by atoms with Crippen molar-refractivity contribution >= 4 is 27.7 Å². The van der Waals surface area contributed by atoms with Crippen LogP contribution in [0.1, 0.15) is 31.2 Å². The van der Waals surface area contributed by atoms with E-state index in [4.69, 9.17) is 0 Å². The second-order valence-electron chi connectivity index (χ2n) is 4.49. The molecular formula is C13H15BrF2S.